The van der Waals surface area contributed by atoms with Crippen LogP contribution in [-0.2, 0) is 15.1 Å². The van der Waals surface area contributed by atoms with E-state index in [0.717, 1.165) is 11.3 Å². The Morgan fingerprint density at radius 2 is 1.74 bits per heavy atom. The molecule has 0 bridgehead atoms. The van der Waals surface area contributed by atoms with E-state index in [-0.39, 0.29) is 11.8 Å². The largest absolute Gasteiger partial charge is 0.490 e. The molecule has 2 aliphatic rings. The molecule has 2 aromatic carbocycles. The monoisotopic (exact) mass is 479 g/mol. The van der Waals surface area contributed by atoms with Gasteiger partial charge in [-0.25, -0.2) is 4.79 Å². The van der Waals surface area contributed by atoms with Crippen LogP contribution in [0.5, 0.6) is 11.5 Å². The summed E-state index contributed by atoms with van der Waals surface area (Å²) in [6, 6.07) is 10.9. The number of fused-ring (bicyclic) bond motifs is 1. The van der Waals surface area contributed by atoms with Crippen molar-refractivity contribution >= 4 is 29.3 Å². The standard InChI is InChI=1S/C26H29N3O6/c1-16(2)13-23(31)27-19-8-5-17(6-9-19)20(30)15-29-24(32)26(3,28-25(29)33)18-7-10-21-22(14-18)35-12-4-11-34-21/h5-10,14,16H,4,11-13,15H2,1-3H3,(H,27,31)(H,28,33). The number of carbonyl (C=O) groups excluding carboxylic acids is 4. The molecule has 4 rings (SSSR count). The van der Waals surface area contributed by atoms with Crippen LogP contribution in [-0.4, -0.2) is 48.3 Å². The molecule has 0 radical (unpaired) electrons. The number of hydrogen-bond donors (Lipinski definition) is 2. The highest BCUT2D eigenvalue weighted by molar-refractivity contribution is 6.11. The van der Waals surface area contributed by atoms with Gasteiger partial charge in [-0.15, -0.1) is 0 Å². The van der Waals surface area contributed by atoms with E-state index >= 15 is 0 Å². The molecule has 1 atom stereocenters. The van der Waals surface area contributed by atoms with Gasteiger partial charge in [0.05, 0.1) is 19.8 Å². The maximum Gasteiger partial charge on any atom is 0.325 e. The Labute approximate surface area is 203 Å². The quantitative estimate of drug-likeness (QED) is 0.464. The summed E-state index contributed by atoms with van der Waals surface area (Å²) >= 11 is 0. The molecule has 1 fully saturated rings. The van der Waals surface area contributed by atoms with Gasteiger partial charge >= 0.3 is 6.03 Å². The number of benzene rings is 2. The lowest BCUT2D eigenvalue weighted by Crippen LogP contribution is -2.41. The average Bonchev–Trinajstić information content (AvgIpc) is 2.97. The van der Waals surface area contributed by atoms with Crippen molar-refractivity contribution in [2.45, 2.75) is 39.2 Å². The van der Waals surface area contributed by atoms with E-state index in [2.05, 4.69) is 10.6 Å². The summed E-state index contributed by atoms with van der Waals surface area (Å²) in [6.07, 6.45) is 1.15. The van der Waals surface area contributed by atoms with Crippen LogP contribution in [0.4, 0.5) is 10.5 Å². The maximum absolute atomic E-state index is 13.3. The minimum absolute atomic E-state index is 0.104. The molecular weight excluding hydrogens is 450 g/mol. The van der Waals surface area contributed by atoms with Gasteiger partial charge < -0.3 is 20.1 Å². The molecule has 184 valence electrons. The molecule has 1 unspecified atom stereocenters. The van der Waals surface area contributed by atoms with Crippen molar-refractivity contribution in [2.75, 3.05) is 25.1 Å². The second-order valence-corrected chi connectivity index (χ2v) is 9.31. The van der Waals surface area contributed by atoms with Gasteiger partial charge in [-0.2, -0.15) is 0 Å². The van der Waals surface area contributed by atoms with Crippen molar-refractivity contribution in [3.8, 4) is 11.5 Å². The summed E-state index contributed by atoms with van der Waals surface area (Å²) in [6.45, 7) is 6.15. The van der Waals surface area contributed by atoms with Crippen LogP contribution < -0.4 is 20.1 Å². The first-order valence-corrected chi connectivity index (χ1v) is 11.6. The molecular formula is C26H29N3O6. The summed E-state index contributed by atoms with van der Waals surface area (Å²) in [5.41, 5.74) is 0.101. The highest BCUT2D eigenvalue weighted by atomic mass is 16.5. The third kappa shape index (κ3) is 5.13. The highest BCUT2D eigenvalue weighted by Crippen LogP contribution is 2.36. The molecule has 0 aliphatic carbocycles. The summed E-state index contributed by atoms with van der Waals surface area (Å²) in [7, 11) is 0. The Kier molecular flexibility index (Phi) is 6.77. The van der Waals surface area contributed by atoms with Gasteiger partial charge in [-0.3, -0.25) is 19.3 Å². The molecule has 0 saturated carbocycles. The summed E-state index contributed by atoms with van der Waals surface area (Å²) in [4.78, 5) is 51.7. The average molecular weight is 480 g/mol. The number of rotatable bonds is 7. The van der Waals surface area contributed by atoms with Gasteiger partial charge in [0.2, 0.25) is 5.91 Å². The number of imide groups is 1. The van der Waals surface area contributed by atoms with Crippen LogP contribution in [0.15, 0.2) is 42.5 Å². The molecule has 35 heavy (non-hydrogen) atoms. The number of urea groups is 1. The van der Waals surface area contributed by atoms with E-state index in [4.69, 9.17) is 9.47 Å². The van der Waals surface area contributed by atoms with Crippen molar-refractivity contribution < 1.29 is 28.7 Å². The van der Waals surface area contributed by atoms with Crippen molar-refractivity contribution in [2.24, 2.45) is 5.92 Å². The summed E-state index contributed by atoms with van der Waals surface area (Å²) in [5, 5.41) is 5.50. The molecule has 0 aromatic heterocycles. The Bertz CT molecular complexity index is 1160. The fraction of sp³-hybridized carbons (Fsp3) is 0.385. The first-order valence-electron chi connectivity index (χ1n) is 11.6. The second-order valence-electron chi connectivity index (χ2n) is 9.31. The molecule has 2 aliphatic heterocycles. The molecule has 4 amide bonds. The molecule has 2 aromatic rings. The highest BCUT2D eigenvalue weighted by Gasteiger charge is 2.49. The summed E-state index contributed by atoms with van der Waals surface area (Å²) in [5.74, 6) is 0.310. The normalized spacial score (nSPS) is 19.4. The number of Topliss-reactive ketones (excluding diaryl/α,β-unsaturated/α-hetero) is 1. The lowest BCUT2D eigenvalue weighted by atomic mass is 9.91. The predicted octanol–water partition coefficient (Wildman–Crippen LogP) is 3.48. The molecule has 2 N–H and O–H groups in total. The Morgan fingerprint density at radius 3 is 2.43 bits per heavy atom. The number of nitrogens with zero attached hydrogens (tertiary/aromatic N) is 1. The van der Waals surface area contributed by atoms with Crippen molar-refractivity contribution in [1.82, 2.24) is 10.2 Å². The number of carbonyl (C=O) groups is 4. The Hall–Kier alpha value is -3.88. The number of nitrogens with one attached hydrogen (secondary N) is 2. The van der Waals surface area contributed by atoms with Crippen molar-refractivity contribution in [3.63, 3.8) is 0 Å². The number of hydrogen-bond acceptors (Lipinski definition) is 6. The zero-order valence-electron chi connectivity index (χ0n) is 20.1. The van der Waals surface area contributed by atoms with E-state index < -0.39 is 29.8 Å². The zero-order valence-corrected chi connectivity index (χ0v) is 20.1. The molecule has 9 heteroatoms. The first kappa shape index (κ1) is 24.3. The minimum atomic E-state index is -1.34. The fourth-order valence-corrected chi connectivity index (χ4v) is 4.07. The van der Waals surface area contributed by atoms with Gasteiger partial charge in [-0.1, -0.05) is 19.9 Å². The second kappa shape index (κ2) is 9.77. The summed E-state index contributed by atoms with van der Waals surface area (Å²) < 4.78 is 11.4. The van der Waals surface area contributed by atoms with Crippen LogP contribution in [0, 0.1) is 5.92 Å². The minimum Gasteiger partial charge on any atom is -0.490 e. The third-order valence-electron chi connectivity index (χ3n) is 5.99. The van der Waals surface area contributed by atoms with Gasteiger partial charge in [0.1, 0.15) is 5.54 Å². The van der Waals surface area contributed by atoms with Gasteiger partial charge in [0, 0.05) is 24.1 Å². The van der Waals surface area contributed by atoms with E-state index in [1.807, 2.05) is 13.8 Å². The third-order valence-corrected chi connectivity index (χ3v) is 5.99. The molecule has 1 saturated heterocycles. The van der Waals surface area contributed by atoms with E-state index in [9.17, 15) is 19.2 Å². The Morgan fingerprint density at radius 1 is 1.06 bits per heavy atom. The SMILES string of the molecule is CC(C)CC(=O)Nc1ccc(C(=O)CN2C(=O)NC(C)(c3ccc4c(c3)OCCCO4)C2=O)cc1. The lowest BCUT2D eigenvalue weighted by molar-refractivity contribution is -0.130. The Balaban J connectivity index is 1.45. The molecule has 2 heterocycles. The predicted molar refractivity (Wildman–Crippen MR) is 129 cm³/mol. The lowest BCUT2D eigenvalue weighted by Gasteiger charge is -2.23. The van der Waals surface area contributed by atoms with Crippen LogP contribution in [0.2, 0.25) is 0 Å². The van der Waals surface area contributed by atoms with Crippen LogP contribution in [0.25, 0.3) is 0 Å². The maximum atomic E-state index is 13.3. The van der Waals surface area contributed by atoms with Crippen LogP contribution in [0.3, 0.4) is 0 Å². The topological polar surface area (TPSA) is 114 Å². The number of amides is 4. The van der Waals surface area contributed by atoms with Gasteiger partial charge in [0.25, 0.3) is 5.91 Å². The zero-order chi connectivity index (χ0) is 25.2. The number of ether oxygens (including phenoxy) is 2. The van der Waals surface area contributed by atoms with Crippen molar-refractivity contribution in [3.05, 3.63) is 53.6 Å². The first-order chi connectivity index (χ1) is 16.7. The van der Waals surface area contributed by atoms with Gasteiger partial charge in [0.15, 0.2) is 17.3 Å². The molecule has 9 nitrogen and oxygen atoms in total. The van der Waals surface area contributed by atoms with E-state index in [0.29, 0.717) is 47.9 Å². The number of anilines is 1. The smallest absolute Gasteiger partial charge is 0.325 e. The number of ketones is 1. The van der Waals surface area contributed by atoms with Crippen molar-refractivity contribution in [1.29, 1.82) is 0 Å². The van der Waals surface area contributed by atoms with Gasteiger partial charge in [-0.05, 0) is 54.8 Å². The fourth-order valence-electron chi connectivity index (χ4n) is 4.07. The molecule has 0 spiro atoms. The van der Waals surface area contributed by atoms with Crippen LogP contribution >= 0.6 is 0 Å². The van der Waals surface area contributed by atoms with Crippen LogP contribution in [0.1, 0.15) is 49.5 Å². The van der Waals surface area contributed by atoms with E-state index in [1.165, 1.54) is 0 Å². The van der Waals surface area contributed by atoms with E-state index in [1.54, 1.807) is 49.4 Å².